The summed E-state index contributed by atoms with van der Waals surface area (Å²) < 4.78 is 0. The number of fused-ring (bicyclic) bond motifs is 1. The molecule has 0 aliphatic carbocycles. The van der Waals surface area contributed by atoms with Crippen LogP contribution in [0.5, 0.6) is 5.75 Å². The second-order valence-electron chi connectivity index (χ2n) is 2.53. The SMILES string of the molecule is Cc1c(O)cc2n[nH]nc2c1Cl. The lowest BCUT2D eigenvalue weighted by molar-refractivity contribution is 0.472. The number of hydrogen-bond acceptors (Lipinski definition) is 3. The molecular formula is C7H6ClN3O. The zero-order valence-electron chi connectivity index (χ0n) is 6.30. The van der Waals surface area contributed by atoms with Crippen LogP contribution in [0.25, 0.3) is 11.0 Å². The third-order valence-corrected chi connectivity index (χ3v) is 2.23. The number of halogens is 1. The molecule has 1 heterocycles. The molecule has 0 bridgehead atoms. The van der Waals surface area contributed by atoms with Gasteiger partial charge in [-0.15, -0.1) is 0 Å². The first kappa shape index (κ1) is 7.36. The summed E-state index contributed by atoms with van der Waals surface area (Å²) in [5, 5.41) is 19.9. The lowest BCUT2D eigenvalue weighted by atomic mass is 10.2. The number of nitrogens with zero attached hydrogens (tertiary/aromatic N) is 2. The fourth-order valence-electron chi connectivity index (χ4n) is 1.03. The summed E-state index contributed by atoms with van der Waals surface area (Å²) in [6.45, 7) is 1.73. The van der Waals surface area contributed by atoms with Crippen LogP contribution in [0.3, 0.4) is 0 Å². The minimum atomic E-state index is 0.140. The van der Waals surface area contributed by atoms with Gasteiger partial charge in [0.15, 0.2) is 0 Å². The van der Waals surface area contributed by atoms with E-state index in [-0.39, 0.29) is 5.75 Å². The van der Waals surface area contributed by atoms with Gasteiger partial charge < -0.3 is 5.11 Å². The largest absolute Gasteiger partial charge is 0.508 e. The topological polar surface area (TPSA) is 61.8 Å². The van der Waals surface area contributed by atoms with Crippen molar-refractivity contribution in [3.8, 4) is 5.75 Å². The number of benzene rings is 1. The lowest BCUT2D eigenvalue weighted by Gasteiger charge is -1.99. The molecule has 0 amide bonds. The number of phenolic OH excluding ortho intramolecular Hbond substituents is 1. The molecule has 0 aliphatic heterocycles. The Labute approximate surface area is 73.2 Å². The summed E-state index contributed by atoms with van der Waals surface area (Å²) >= 11 is 5.89. The Hall–Kier alpha value is -1.29. The quantitative estimate of drug-likeness (QED) is 0.653. The molecule has 0 saturated heterocycles. The standard InChI is InChI=1S/C7H6ClN3O/c1-3-5(12)2-4-7(6(3)8)10-11-9-4/h2,12H,1H3,(H,9,10,11). The molecule has 0 aliphatic rings. The second kappa shape index (κ2) is 2.35. The molecule has 0 fully saturated rings. The van der Waals surface area contributed by atoms with Gasteiger partial charge in [0.05, 0.1) is 5.02 Å². The molecule has 2 rings (SSSR count). The Morgan fingerprint density at radius 2 is 2.25 bits per heavy atom. The van der Waals surface area contributed by atoms with E-state index in [1.165, 1.54) is 6.07 Å². The van der Waals surface area contributed by atoms with E-state index in [1.54, 1.807) is 6.92 Å². The highest BCUT2D eigenvalue weighted by molar-refractivity contribution is 6.35. The van der Waals surface area contributed by atoms with Gasteiger partial charge in [0.25, 0.3) is 0 Å². The maximum absolute atomic E-state index is 9.35. The molecule has 5 heteroatoms. The van der Waals surface area contributed by atoms with Crippen molar-refractivity contribution in [3.05, 3.63) is 16.7 Å². The van der Waals surface area contributed by atoms with Crippen LogP contribution in [0.4, 0.5) is 0 Å². The highest BCUT2D eigenvalue weighted by Gasteiger charge is 2.09. The summed E-state index contributed by atoms with van der Waals surface area (Å²) in [4.78, 5) is 0. The van der Waals surface area contributed by atoms with Gasteiger partial charge in [-0.25, -0.2) is 0 Å². The van der Waals surface area contributed by atoms with E-state index >= 15 is 0 Å². The van der Waals surface area contributed by atoms with Crippen molar-refractivity contribution in [3.63, 3.8) is 0 Å². The Morgan fingerprint density at radius 1 is 1.50 bits per heavy atom. The average molecular weight is 184 g/mol. The number of nitrogens with one attached hydrogen (secondary N) is 1. The van der Waals surface area contributed by atoms with Crippen molar-refractivity contribution >= 4 is 22.6 Å². The number of aromatic hydroxyl groups is 1. The van der Waals surface area contributed by atoms with Crippen LogP contribution >= 0.6 is 11.6 Å². The van der Waals surface area contributed by atoms with Crippen LogP contribution in [0.1, 0.15) is 5.56 Å². The lowest BCUT2D eigenvalue weighted by Crippen LogP contribution is -1.79. The van der Waals surface area contributed by atoms with Crippen LogP contribution in [-0.4, -0.2) is 20.5 Å². The van der Waals surface area contributed by atoms with Gasteiger partial charge in [0, 0.05) is 11.6 Å². The molecule has 4 nitrogen and oxygen atoms in total. The molecule has 0 spiro atoms. The van der Waals surface area contributed by atoms with E-state index in [0.717, 1.165) is 0 Å². The zero-order valence-corrected chi connectivity index (χ0v) is 7.05. The fourth-order valence-corrected chi connectivity index (χ4v) is 1.26. The molecular weight excluding hydrogens is 178 g/mol. The molecule has 0 atom stereocenters. The first-order chi connectivity index (χ1) is 5.70. The van der Waals surface area contributed by atoms with Gasteiger partial charge in [-0.1, -0.05) is 11.6 Å². The maximum atomic E-state index is 9.35. The number of hydrogen-bond donors (Lipinski definition) is 2. The van der Waals surface area contributed by atoms with Crippen molar-refractivity contribution in [2.45, 2.75) is 6.92 Å². The Balaban J connectivity index is 2.94. The van der Waals surface area contributed by atoms with Crippen LogP contribution < -0.4 is 0 Å². The molecule has 12 heavy (non-hydrogen) atoms. The third kappa shape index (κ3) is 0.848. The molecule has 1 aromatic heterocycles. The smallest absolute Gasteiger partial charge is 0.132 e. The number of phenols is 1. The minimum absolute atomic E-state index is 0.140. The first-order valence-corrected chi connectivity index (χ1v) is 3.76. The monoisotopic (exact) mass is 183 g/mol. The van der Waals surface area contributed by atoms with Gasteiger partial charge in [-0.3, -0.25) is 0 Å². The Bertz CT molecular complexity index is 437. The van der Waals surface area contributed by atoms with Crippen molar-refractivity contribution in [1.29, 1.82) is 0 Å². The van der Waals surface area contributed by atoms with E-state index in [0.29, 0.717) is 21.6 Å². The maximum Gasteiger partial charge on any atom is 0.132 e. The highest BCUT2D eigenvalue weighted by Crippen LogP contribution is 2.30. The van der Waals surface area contributed by atoms with Gasteiger partial charge in [0.2, 0.25) is 0 Å². The third-order valence-electron chi connectivity index (χ3n) is 1.77. The predicted octanol–water partition coefficient (Wildman–Crippen LogP) is 1.63. The summed E-state index contributed by atoms with van der Waals surface area (Å²) in [7, 11) is 0. The normalized spacial score (nSPS) is 10.8. The zero-order chi connectivity index (χ0) is 8.72. The molecule has 62 valence electrons. The van der Waals surface area contributed by atoms with Crippen molar-refractivity contribution in [2.24, 2.45) is 0 Å². The Kier molecular flexibility index (Phi) is 1.44. The van der Waals surface area contributed by atoms with Crippen LogP contribution in [0, 0.1) is 6.92 Å². The van der Waals surface area contributed by atoms with Crippen LogP contribution in [0.2, 0.25) is 5.02 Å². The van der Waals surface area contributed by atoms with E-state index in [9.17, 15) is 5.11 Å². The van der Waals surface area contributed by atoms with E-state index < -0.39 is 0 Å². The van der Waals surface area contributed by atoms with E-state index in [4.69, 9.17) is 11.6 Å². The van der Waals surface area contributed by atoms with Crippen molar-refractivity contribution < 1.29 is 5.11 Å². The first-order valence-electron chi connectivity index (χ1n) is 3.38. The number of H-pyrrole nitrogens is 1. The average Bonchev–Trinajstić information content (AvgIpc) is 2.48. The molecule has 2 N–H and O–H groups in total. The summed E-state index contributed by atoms with van der Waals surface area (Å²) in [6, 6.07) is 1.53. The van der Waals surface area contributed by atoms with Gasteiger partial charge in [0.1, 0.15) is 16.8 Å². The highest BCUT2D eigenvalue weighted by atomic mass is 35.5. The van der Waals surface area contributed by atoms with Gasteiger partial charge in [-0.2, -0.15) is 15.4 Å². The Morgan fingerprint density at radius 3 is 3.00 bits per heavy atom. The molecule has 0 radical (unpaired) electrons. The van der Waals surface area contributed by atoms with Gasteiger partial charge >= 0.3 is 0 Å². The molecule has 1 aromatic carbocycles. The van der Waals surface area contributed by atoms with Crippen molar-refractivity contribution in [1.82, 2.24) is 15.4 Å². The second-order valence-corrected chi connectivity index (χ2v) is 2.90. The van der Waals surface area contributed by atoms with E-state index in [1.807, 2.05) is 0 Å². The molecule has 0 saturated carbocycles. The minimum Gasteiger partial charge on any atom is -0.508 e. The number of rotatable bonds is 0. The molecule has 0 unspecified atom stereocenters. The van der Waals surface area contributed by atoms with Crippen LogP contribution in [0.15, 0.2) is 6.07 Å². The molecule has 2 aromatic rings. The summed E-state index contributed by atoms with van der Waals surface area (Å²) in [6.07, 6.45) is 0. The van der Waals surface area contributed by atoms with E-state index in [2.05, 4.69) is 15.4 Å². The van der Waals surface area contributed by atoms with Gasteiger partial charge in [-0.05, 0) is 6.92 Å². The predicted molar refractivity (Wildman–Crippen MR) is 45.3 cm³/mol. The fraction of sp³-hybridized carbons (Fsp3) is 0.143. The number of aromatic amines is 1. The number of aromatic nitrogens is 3. The van der Waals surface area contributed by atoms with Crippen molar-refractivity contribution in [2.75, 3.05) is 0 Å². The summed E-state index contributed by atoms with van der Waals surface area (Å²) in [5.41, 5.74) is 1.79. The summed E-state index contributed by atoms with van der Waals surface area (Å²) in [5.74, 6) is 0.140. The van der Waals surface area contributed by atoms with Crippen LogP contribution in [-0.2, 0) is 0 Å².